The number of piperidine rings is 1. The zero-order valence-electron chi connectivity index (χ0n) is 14.1. The van der Waals surface area contributed by atoms with Crippen molar-refractivity contribution >= 4 is 11.8 Å². The van der Waals surface area contributed by atoms with E-state index in [1.165, 1.54) is 0 Å². The highest BCUT2D eigenvalue weighted by Crippen LogP contribution is 2.27. The molecule has 1 aromatic rings. The second-order valence-electron chi connectivity index (χ2n) is 6.45. The second-order valence-corrected chi connectivity index (χ2v) is 6.45. The van der Waals surface area contributed by atoms with Gasteiger partial charge in [-0.3, -0.25) is 9.59 Å². The molecule has 1 aliphatic rings. The van der Waals surface area contributed by atoms with Crippen LogP contribution in [-0.4, -0.2) is 35.9 Å². The number of nitrogens with two attached hydrogens (primary N) is 1. The van der Waals surface area contributed by atoms with Crippen molar-refractivity contribution in [3.8, 4) is 5.75 Å². The molecule has 5 heteroatoms. The van der Waals surface area contributed by atoms with E-state index in [0.717, 1.165) is 11.3 Å². The number of ether oxygens (including phenoxy) is 1. The van der Waals surface area contributed by atoms with Crippen LogP contribution in [0.2, 0.25) is 0 Å². The third-order valence-electron chi connectivity index (χ3n) is 4.40. The lowest BCUT2D eigenvalue weighted by molar-refractivity contribution is -0.140. The summed E-state index contributed by atoms with van der Waals surface area (Å²) in [6, 6.07) is 7.81. The third-order valence-corrected chi connectivity index (χ3v) is 4.40. The van der Waals surface area contributed by atoms with Crippen LogP contribution in [0.25, 0.3) is 0 Å². The van der Waals surface area contributed by atoms with E-state index in [0.29, 0.717) is 31.8 Å². The van der Waals surface area contributed by atoms with Crippen molar-refractivity contribution in [3.63, 3.8) is 0 Å². The molecule has 2 N–H and O–H groups in total. The van der Waals surface area contributed by atoms with Crippen LogP contribution in [0.1, 0.15) is 45.1 Å². The highest BCUT2D eigenvalue weighted by atomic mass is 16.5. The van der Waals surface area contributed by atoms with E-state index in [2.05, 4.69) is 13.8 Å². The van der Waals surface area contributed by atoms with Crippen molar-refractivity contribution in [3.05, 3.63) is 29.8 Å². The number of hydrogen-bond donors (Lipinski definition) is 1. The fraction of sp³-hybridized carbons (Fsp3) is 0.556. The number of likely N-dealkylation sites (tertiary alicyclic amines) is 1. The van der Waals surface area contributed by atoms with Crippen molar-refractivity contribution in [2.24, 2.45) is 11.7 Å². The summed E-state index contributed by atoms with van der Waals surface area (Å²) in [6.07, 6.45) is 0.729. The lowest BCUT2D eigenvalue weighted by Gasteiger charge is -2.32. The van der Waals surface area contributed by atoms with Crippen LogP contribution in [0.15, 0.2) is 24.3 Å². The number of para-hydroxylation sites is 1. The number of carbonyl (C=O) groups excluding carboxylic acids is 2. The molecule has 0 aliphatic carbocycles. The molecule has 0 radical (unpaired) electrons. The minimum absolute atomic E-state index is 0.0357. The van der Waals surface area contributed by atoms with Gasteiger partial charge in [0, 0.05) is 19.0 Å². The molecule has 0 unspecified atom stereocenters. The molecule has 126 valence electrons. The standard InChI is InChI=1S/C18H26N2O3/c1-12(2)15-6-4-5-7-16(15)23-13(3)18(22)20-10-8-14(9-11-20)17(19)21/h4-7,12-14H,8-11H2,1-3H3,(H2,19,21)/t13-/m0/s1. The Hall–Kier alpha value is -2.04. The summed E-state index contributed by atoms with van der Waals surface area (Å²) in [6.45, 7) is 7.10. The first-order valence-electron chi connectivity index (χ1n) is 8.23. The quantitative estimate of drug-likeness (QED) is 0.905. The van der Waals surface area contributed by atoms with E-state index in [1.807, 2.05) is 24.3 Å². The number of rotatable bonds is 5. The molecule has 1 atom stereocenters. The van der Waals surface area contributed by atoms with Crippen molar-refractivity contribution in [2.45, 2.75) is 45.6 Å². The molecule has 1 aliphatic heterocycles. The number of amides is 2. The fourth-order valence-electron chi connectivity index (χ4n) is 2.95. The number of hydrogen-bond acceptors (Lipinski definition) is 3. The average Bonchev–Trinajstić information content (AvgIpc) is 2.54. The maximum atomic E-state index is 12.5. The Morgan fingerprint density at radius 1 is 1.17 bits per heavy atom. The van der Waals surface area contributed by atoms with Crippen molar-refractivity contribution in [1.82, 2.24) is 4.90 Å². The molecule has 1 fully saturated rings. The van der Waals surface area contributed by atoms with Crippen LogP contribution >= 0.6 is 0 Å². The SMILES string of the molecule is CC(C)c1ccccc1O[C@@H](C)C(=O)N1CCC(C(N)=O)CC1. The van der Waals surface area contributed by atoms with Gasteiger partial charge < -0.3 is 15.4 Å². The summed E-state index contributed by atoms with van der Waals surface area (Å²) >= 11 is 0. The molecule has 2 rings (SSSR count). The predicted octanol–water partition coefficient (Wildman–Crippen LogP) is 2.30. The molecular weight excluding hydrogens is 292 g/mol. The van der Waals surface area contributed by atoms with E-state index in [-0.39, 0.29) is 17.7 Å². The van der Waals surface area contributed by atoms with E-state index in [1.54, 1.807) is 11.8 Å². The van der Waals surface area contributed by atoms with Gasteiger partial charge in [-0.25, -0.2) is 0 Å². The van der Waals surface area contributed by atoms with E-state index >= 15 is 0 Å². The topological polar surface area (TPSA) is 72.6 Å². The summed E-state index contributed by atoms with van der Waals surface area (Å²) in [5.41, 5.74) is 6.43. The zero-order chi connectivity index (χ0) is 17.0. The second kappa shape index (κ2) is 7.49. The first kappa shape index (κ1) is 17.3. The van der Waals surface area contributed by atoms with Gasteiger partial charge in [0.15, 0.2) is 6.10 Å². The van der Waals surface area contributed by atoms with Gasteiger partial charge in [-0.2, -0.15) is 0 Å². The summed E-state index contributed by atoms with van der Waals surface area (Å²) in [4.78, 5) is 25.5. The normalized spacial score (nSPS) is 17.1. The van der Waals surface area contributed by atoms with Gasteiger partial charge in [-0.1, -0.05) is 32.0 Å². The highest BCUT2D eigenvalue weighted by Gasteiger charge is 2.29. The lowest BCUT2D eigenvalue weighted by Crippen LogP contribution is -2.46. The smallest absolute Gasteiger partial charge is 0.263 e. The summed E-state index contributed by atoms with van der Waals surface area (Å²) in [5, 5.41) is 0. The lowest BCUT2D eigenvalue weighted by atomic mass is 9.96. The molecule has 0 saturated carbocycles. The number of benzene rings is 1. The average molecular weight is 318 g/mol. The summed E-state index contributed by atoms with van der Waals surface area (Å²) < 4.78 is 5.91. The van der Waals surface area contributed by atoms with Crippen LogP contribution in [0.3, 0.4) is 0 Å². The first-order chi connectivity index (χ1) is 10.9. The van der Waals surface area contributed by atoms with Crippen LogP contribution in [-0.2, 0) is 9.59 Å². The molecule has 1 aromatic carbocycles. The number of primary amides is 1. The molecule has 0 aromatic heterocycles. The Morgan fingerprint density at radius 3 is 2.35 bits per heavy atom. The molecule has 1 heterocycles. The summed E-state index contributed by atoms with van der Waals surface area (Å²) in [7, 11) is 0. The van der Waals surface area contributed by atoms with Crippen LogP contribution < -0.4 is 10.5 Å². The fourth-order valence-corrected chi connectivity index (χ4v) is 2.95. The molecule has 2 amide bonds. The Kier molecular flexibility index (Phi) is 5.64. The Bertz CT molecular complexity index is 563. The van der Waals surface area contributed by atoms with E-state index in [4.69, 9.17) is 10.5 Å². The van der Waals surface area contributed by atoms with Crippen LogP contribution in [0.4, 0.5) is 0 Å². The monoisotopic (exact) mass is 318 g/mol. The van der Waals surface area contributed by atoms with Gasteiger partial charge in [-0.05, 0) is 37.3 Å². The van der Waals surface area contributed by atoms with Gasteiger partial charge >= 0.3 is 0 Å². The van der Waals surface area contributed by atoms with E-state index in [9.17, 15) is 9.59 Å². The molecule has 0 spiro atoms. The summed E-state index contributed by atoms with van der Waals surface area (Å²) in [5.74, 6) is 0.672. The number of nitrogens with zero attached hydrogens (tertiary/aromatic N) is 1. The van der Waals surface area contributed by atoms with Crippen LogP contribution in [0, 0.1) is 5.92 Å². The molecule has 0 bridgehead atoms. The van der Waals surface area contributed by atoms with E-state index < -0.39 is 6.10 Å². The Labute approximate surface area is 137 Å². The molecular formula is C18H26N2O3. The minimum Gasteiger partial charge on any atom is -0.481 e. The van der Waals surface area contributed by atoms with Gasteiger partial charge in [0.25, 0.3) is 5.91 Å². The van der Waals surface area contributed by atoms with Crippen molar-refractivity contribution in [1.29, 1.82) is 0 Å². The predicted molar refractivity (Wildman–Crippen MR) is 89.1 cm³/mol. The van der Waals surface area contributed by atoms with Gasteiger partial charge in [0.2, 0.25) is 5.91 Å². The van der Waals surface area contributed by atoms with Crippen LogP contribution in [0.5, 0.6) is 5.75 Å². The minimum atomic E-state index is -0.542. The van der Waals surface area contributed by atoms with Crippen molar-refractivity contribution in [2.75, 3.05) is 13.1 Å². The molecule has 23 heavy (non-hydrogen) atoms. The Morgan fingerprint density at radius 2 is 1.78 bits per heavy atom. The third kappa shape index (κ3) is 4.24. The zero-order valence-corrected chi connectivity index (χ0v) is 14.1. The Balaban J connectivity index is 1.97. The highest BCUT2D eigenvalue weighted by molar-refractivity contribution is 5.82. The van der Waals surface area contributed by atoms with Gasteiger partial charge in [-0.15, -0.1) is 0 Å². The molecule has 5 nitrogen and oxygen atoms in total. The van der Waals surface area contributed by atoms with Gasteiger partial charge in [0.1, 0.15) is 5.75 Å². The maximum absolute atomic E-state index is 12.5. The first-order valence-corrected chi connectivity index (χ1v) is 8.23. The molecule has 1 saturated heterocycles. The van der Waals surface area contributed by atoms with Gasteiger partial charge in [0.05, 0.1) is 0 Å². The maximum Gasteiger partial charge on any atom is 0.263 e. The number of carbonyl (C=O) groups is 2. The van der Waals surface area contributed by atoms with Crippen molar-refractivity contribution < 1.29 is 14.3 Å². The largest absolute Gasteiger partial charge is 0.481 e.